The van der Waals surface area contributed by atoms with Gasteiger partial charge in [0.2, 0.25) is 0 Å². The van der Waals surface area contributed by atoms with Gasteiger partial charge in [-0.1, -0.05) is 87.4 Å². The lowest BCUT2D eigenvalue weighted by atomic mass is 9.96. The Labute approximate surface area is 367 Å². The lowest BCUT2D eigenvalue weighted by Crippen LogP contribution is -2.33. The number of hydrogen-bond donors (Lipinski definition) is 0. The average molecular weight is 930 g/mol. The molecule has 0 aliphatic carbocycles. The molecule has 0 fully saturated rings. The molecule has 0 bridgehead atoms. The van der Waals surface area contributed by atoms with E-state index in [-0.39, 0.29) is 72.7 Å². The monoisotopic (exact) mass is 927 g/mol. The molecule has 10 nitrogen and oxygen atoms in total. The number of oxime groups is 1. The van der Waals surface area contributed by atoms with Crippen LogP contribution in [-0.2, 0) is 31.0 Å². The molecular weight excluding hydrogens is 893 g/mol. The molecule has 2 aromatic heterocycles. The van der Waals surface area contributed by atoms with Crippen LogP contribution in [0.25, 0.3) is 22.3 Å². The van der Waals surface area contributed by atoms with Gasteiger partial charge < -0.3 is 14.3 Å². The average Bonchev–Trinajstić information content (AvgIpc) is 3.79. The van der Waals surface area contributed by atoms with Gasteiger partial charge in [-0.25, -0.2) is 18.1 Å². The lowest BCUT2D eigenvalue weighted by molar-refractivity contribution is -0.0356. The van der Waals surface area contributed by atoms with Crippen molar-refractivity contribution in [2.45, 2.75) is 77.7 Å². The minimum atomic E-state index is -0.817. The maximum atomic E-state index is 14.9. The summed E-state index contributed by atoms with van der Waals surface area (Å²) < 4.78 is 47.4. The van der Waals surface area contributed by atoms with E-state index in [4.69, 9.17) is 83.9 Å². The molecule has 18 heteroatoms. The number of aromatic nitrogens is 4. The van der Waals surface area contributed by atoms with E-state index in [1.165, 1.54) is 12.1 Å². The normalized spacial score (nSPS) is 17.0. The molecule has 0 N–H and O–H groups in total. The summed E-state index contributed by atoms with van der Waals surface area (Å²) in [5.41, 5.74) is 1.09. The van der Waals surface area contributed by atoms with Crippen LogP contribution in [0, 0.1) is 11.6 Å². The maximum absolute atomic E-state index is 14.9. The van der Waals surface area contributed by atoms with E-state index in [2.05, 4.69) is 11.7 Å². The van der Waals surface area contributed by atoms with Crippen LogP contribution in [0.4, 0.5) is 8.78 Å². The Morgan fingerprint density at radius 3 is 1.69 bits per heavy atom. The molecule has 0 radical (unpaired) electrons. The number of ether oxygens (including phenoxy) is 2. The molecule has 0 amide bonds. The summed E-state index contributed by atoms with van der Waals surface area (Å²) in [6.45, 7) is 10.1. The molecular formula is C41H37Cl6F2N5O5. The second kappa shape index (κ2) is 17.6. The van der Waals surface area contributed by atoms with Gasteiger partial charge in [0, 0.05) is 54.3 Å². The highest BCUT2D eigenvalue weighted by Gasteiger charge is 2.37. The zero-order chi connectivity index (χ0) is 42.3. The number of fused-ring (bicyclic) bond motifs is 2. The van der Waals surface area contributed by atoms with Gasteiger partial charge in [0.05, 0.1) is 31.9 Å². The standard InChI is InChI=1S/C24H20Cl4FN3O3.C17H17Cl2FN2O2/c1-24(11-19(30-35-24)14-5-4-13(25)8-16(14)26)12-34-20-9-15(18(29)10-17(20)27)21-22(28)31-6-2-3-7-32(31)23(21)33;1-10(2)9-24-14-7-11(13(20)8-12(14)18)15-16(19)21-5-3-4-6-22(21)17(15)23/h4-5,8-10H,2-3,6-7,11-12H2,1H3;7-8H,1,3-6,9H2,2H3. The van der Waals surface area contributed by atoms with Crippen LogP contribution in [0.1, 0.15) is 51.5 Å². The van der Waals surface area contributed by atoms with Gasteiger partial charge in [-0.3, -0.25) is 19.0 Å². The summed E-state index contributed by atoms with van der Waals surface area (Å²) in [5, 5.41) is 5.81. The highest BCUT2D eigenvalue weighted by atomic mass is 35.5. The van der Waals surface area contributed by atoms with Crippen molar-refractivity contribution < 1.29 is 23.1 Å². The number of benzene rings is 3. The van der Waals surface area contributed by atoms with Gasteiger partial charge in [-0.05, 0) is 81.5 Å². The molecule has 1 atom stereocenters. The van der Waals surface area contributed by atoms with Gasteiger partial charge in [0.1, 0.15) is 46.7 Å². The van der Waals surface area contributed by atoms with Crippen LogP contribution >= 0.6 is 69.6 Å². The van der Waals surface area contributed by atoms with Crippen molar-refractivity contribution in [2.24, 2.45) is 5.16 Å². The van der Waals surface area contributed by atoms with E-state index in [0.29, 0.717) is 54.1 Å². The fourth-order valence-corrected chi connectivity index (χ4v) is 8.77. The fraction of sp³-hybridized carbons (Fsp3) is 0.341. The maximum Gasteiger partial charge on any atom is 0.276 e. The number of halogens is 8. The molecule has 5 heterocycles. The largest absolute Gasteiger partial charge is 0.488 e. The number of rotatable bonds is 9. The topological polar surface area (TPSA) is 93.9 Å². The molecule has 0 spiro atoms. The molecule has 0 saturated heterocycles. The summed E-state index contributed by atoms with van der Waals surface area (Å²) in [7, 11) is 0. The van der Waals surface area contributed by atoms with Crippen LogP contribution in [0.2, 0.25) is 30.4 Å². The van der Waals surface area contributed by atoms with E-state index < -0.39 is 17.2 Å². The third-order valence-electron chi connectivity index (χ3n) is 10.1. The second-order valence-corrected chi connectivity index (χ2v) is 17.2. The molecule has 1 unspecified atom stereocenters. The van der Waals surface area contributed by atoms with Gasteiger partial charge in [-0.2, -0.15) is 0 Å². The molecule has 59 heavy (non-hydrogen) atoms. The quantitative estimate of drug-likeness (QED) is 0.137. The van der Waals surface area contributed by atoms with Crippen molar-refractivity contribution in [2.75, 3.05) is 13.2 Å². The molecule has 3 aliphatic heterocycles. The van der Waals surface area contributed by atoms with E-state index in [0.717, 1.165) is 49.0 Å². The first-order chi connectivity index (χ1) is 28.1. The van der Waals surface area contributed by atoms with Crippen LogP contribution < -0.4 is 20.6 Å². The van der Waals surface area contributed by atoms with Gasteiger partial charge in [-0.15, -0.1) is 0 Å². The summed E-state index contributed by atoms with van der Waals surface area (Å²) in [6, 6.07) is 10.2. The van der Waals surface area contributed by atoms with Crippen LogP contribution in [-0.4, -0.2) is 43.3 Å². The van der Waals surface area contributed by atoms with Crippen molar-refractivity contribution in [1.82, 2.24) is 18.7 Å². The summed E-state index contributed by atoms with van der Waals surface area (Å²) in [4.78, 5) is 31.3. The van der Waals surface area contributed by atoms with E-state index in [1.807, 2.05) is 13.8 Å². The predicted molar refractivity (Wildman–Crippen MR) is 230 cm³/mol. The molecule has 0 saturated carbocycles. The number of hydrogen-bond acceptors (Lipinski definition) is 6. The van der Waals surface area contributed by atoms with Gasteiger partial charge in [0.15, 0.2) is 5.60 Å². The Hall–Kier alpha value is -3.91. The summed E-state index contributed by atoms with van der Waals surface area (Å²) >= 11 is 37.5. The third kappa shape index (κ3) is 8.81. The first-order valence-electron chi connectivity index (χ1n) is 18.6. The first-order valence-corrected chi connectivity index (χ1v) is 20.9. The smallest absolute Gasteiger partial charge is 0.276 e. The summed E-state index contributed by atoms with van der Waals surface area (Å²) in [5.74, 6) is -0.766. The van der Waals surface area contributed by atoms with Crippen LogP contribution in [0.3, 0.4) is 0 Å². The zero-order valence-corrected chi connectivity index (χ0v) is 36.4. The SMILES string of the molecule is C=C(C)COc1cc(-c2c(Cl)n3n(c2=O)CCCC3)c(F)cc1Cl.CC1(COc2cc(-c3c(Cl)n4n(c3=O)CCCC4)c(F)cc2Cl)CC(c2ccc(Cl)cc2Cl)=NO1. The Morgan fingerprint density at radius 2 is 1.22 bits per heavy atom. The van der Waals surface area contributed by atoms with Crippen LogP contribution in [0.5, 0.6) is 11.5 Å². The third-order valence-corrected chi connectivity index (χ3v) is 12.0. The molecule has 3 aromatic carbocycles. The van der Waals surface area contributed by atoms with Crippen molar-refractivity contribution in [3.63, 3.8) is 0 Å². The summed E-state index contributed by atoms with van der Waals surface area (Å²) in [6.07, 6.45) is 4.01. The Morgan fingerprint density at radius 1 is 0.729 bits per heavy atom. The second-order valence-electron chi connectivity index (χ2n) is 14.8. The van der Waals surface area contributed by atoms with E-state index >= 15 is 0 Å². The molecule has 8 rings (SSSR count). The van der Waals surface area contributed by atoms with Crippen molar-refractivity contribution >= 4 is 75.3 Å². The highest BCUT2D eigenvalue weighted by molar-refractivity contribution is 6.37. The molecule has 3 aliphatic rings. The highest BCUT2D eigenvalue weighted by Crippen LogP contribution is 2.39. The molecule has 5 aromatic rings. The lowest BCUT2D eigenvalue weighted by Gasteiger charge is -2.22. The van der Waals surface area contributed by atoms with Gasteiger partial charge >= 0.3 is 0 Å². The first kappa shape index (κ1) is 43.2. The number of nitrogens with zero attached hydrogens (tertiary/aromatic N) is 5. The van der Waals surface area contributed by atoms with Crippen molar-refractivity contribution in [1.29, 1.82) is 0 Å². The van der Waals surface area contributed by atoms with E-state index in [9.17, 15) is 18.4 Å². The zero-order valence-electron chi connectivity index (χ0n) is 31.8. The van der Waals surface area contributed by atoms with Crippen molar-refractivity contribution in [3.05, 3.63) is 123 Å². The Balaban J connectivity index is 0.000000192. The van der Waals surface area contributed by atoms with Crippen LogP contribution in [0.15, 0.2) is 69.4 Å². The predicted octanol–water partition coefficient (Wildman–Crippen LogP) is 11.3. The molecule has 312 valence electrons. The van der Waals surface area contributed by atoms with E-state index in [1.54, 1.807) is 36.9 Å². The van der Waals surface area contributed by atoms with Gasteiger partial charge in [0.25, 0.3) is 11.1 Å². The Kier molecular flexibility index (Phi) is 12.9. The fourth-order valence-electron chi connectivity index (χ4n) is 7.13. The minimum Gasteiger partial charge on any atom is -0.488 e. The van der Waals surface area contributed by atoms with Crippen molar-refractivity contribution in [3.8, 4) is 33.8 Å². The minimum absolute atomic E-state index is 0.0381. The Bertz CT molecular complexity index is 2640.